The van der Waals surface area contributed by atoms with Crippen molar-refractivity contribution in [2.75, 3.05) is 5.73 Å². The predicted molar refractivity (Wildman–Crippen MR) is 78.9 cm³/mol. The molecule has 1 heterocycles. The van der Waals surface area contributed by atoms with Crippen LogP contribution in [0.1, 0.15) is 37.7 Å². The van der Waals surface area contributed by atoms with Crippen LogP contribution in [0.3, 0.4) is 0 Å². The van der Waals surface area contributed by atoms with Crippen molar-refractivity contribution in [1.29, 1.82) is 0 Å². The molecule has 6 heteroatoms. The smallest absolute Gasteiger partial charge is 0.182 e. The number of hydrogen-bond donors (Lipinski definition) is 1. The first-order chi connectivity index (χ1) is 10.1. The number of rotatable bonds is 4. The maximum absolute atomic E-state index is 13.8. The van der Waals surface area contributed by atoms with Crippen molar-refractivity contribution >= 4 is 5.69 Å². The van der Waals surface area contributed by atoms with Gasteiger partial charge in [-0.3, -0.25) is 0 Å². The molecule has 0 saturated heterocycles. The molecular weight excluding hydrogens is 269 g/mol. The second-order valence-electron chi connectivity index (χ2n) is 5.84. The molecule has 1 saturated carbocycles. The first-order valence-corrected chi connectivity index (χ1v) is 7.47. The van der Waals surface area contributed by atoms with Crippen LogP contribution in [0, 0.1) is 18.7 Å². The van der Waals surface area contributed by atoms with Crippen molar-refractivity contribution in [3.05, 3.63) is 23.5 Å². The molecule has 1 aromatic heterocycles. The van der Waals surface area contributed by atoms with Gasteiger partial charge in [-0.15, -0.1) is 5.10 Å². The Kier molecular flexibility index (Phi) is 3.86. The van der Waals surface area contributed by atoms with Crippen LogP contribution in [0.25, 0.3) is 11.4 Å². The molecule has 1 aromatic carbocycles. The predicted octanol–water partition coefficient (Wildman–Crippen LogP) is 2.95. The van der Waals surface area contributed by atoms with E-state index in [9.17, 15) is 4.39 Å². The van der Waals surface area contributed by atoms with Gasteiger partial charge in [-0.25, -0.2) is 9.07 Å². The van der Waals surface area contributed by atoms with E-state index in [1.165, 1.54) is 31.7 Å². The Balaban J connectivity index is 1.81. The molecule has 1 aliphatic rings. The Morgan fingerprint density at radius 3 is 2.81 bits per heavy atom. The largest absolute Gasteiger partial charge is 0.398 e. The quantitative estimate of drug-likeness (QED) is 0.879. The molecule has 0 bridgehead atoms. The second-order valence-corrected chi connectivity index (χ2v) is 5.84. The van der Waals surface area contributed by atoms with E-state index in [4.69, 9.17) is 5.73 Å². The molecule has 0 aliphatic heterocycles. The molecule has 5 nitrogen and oxygen atoms in total. The molecule has 112 valence electrons. The van der Waals surface area contributed by atoms with Crippen molar-refractivity contribution in [2.45, 2.75) is 45.6 Å². The normalized spacial score (nSPS) is 15.7. The number of nitrogen functional groups attached to an aromatic ring is 1. The van der Waals surface area contributed by atoms with Gasteiger partial charge in [-0.2, -0.15) is 0 Å². The van der Waals surface area contributed by atoms with Gasteiger partial charge in [-0.1, -0.05) is 25.7 Å². The number of aromatic nitrogens is 4. The van der Waals surface area contributed by atoms with Crippen LogP contribution >= 0.6 is 0 Å². The average Bonchev–Trinajstić information content (AvgIpc) is 3.12. The minimum absolute atomic E-state index is 0.324. The lowest BCUT2D eigenvalue weighted by molar-refractivity contribution is 0.436. The zero-order chi connectivity index (χ0) is 14.8. The summed E-state index contributed by atoms with van der Waals surface area (Å²) in [5, 5.41) is 11.8. The maximum atomic E-state index is 13.8. The van der Waals surface area contributed by atoms with Gasteiger partial charge in [0.2, 0.25) is 0 Å². The van der Waals surface area contributed by atoms with Crippen molar-refractivity contribution in [2.24, 2.45) is 5.92 Å². The van der Waals surface area contributed by atoms with Gasteiger partial charge in [0.1, 0.15) is 5.82 Å². The molecule has 2 N–H and O–H groups in total. The zero-order valence-electron chi connectivity index (χ0n) is 12.2. The van der Waals surface area contributed by atoms with Crippen LogP contribution < -0.4 is 5.73 Å². The van der Waals surface area contributed by atoms with Gasteiger partial charge < -0.3 is 5.73 Å². The fourth-order valence-electron chi connectivity index (χ4n) is 3.00. The lowest BCUT2D eigenvalue weighted by atomic mass is 10.0. The summed E-state index contributed by atoms with van der Waals surface area (Å²) in [5.41, 5.74) is 7.35. The number of aryl methyl sites for hydroxylation is 1. The van der Waals surface area contributed by atoms with Gasteiger partial charge in [0.05, 0.1) is 0 Å². The van der Waals surface area contributed by atoms with Crippen LogP contribution in [-0.2, 0) is 6.54 Å². The highest BCUT2D eigenvalue weighted by Crippen LogP contribution is 2.29. The minimum atomic E-state index is -0.324. The molecule has 3 rings (SSSR count). The lowest BCUT2D eigenvalue weighted by Gasteiger charge is -2.10. The van der Waals surface area contributed by atoms with E-state index in [0.29, 0.717) is 22.6 Å². The van der Waals surface area contributed by atoms with Crippen molar-refractivity contribution < 1.29 is 4.39 Å². The van der Waals surface area contributed by atoms with Crippen molar-refractivity contribution in [3.63, 3.8) is 0 Å². The standard InChI is InChI=1S/C15H20FN5/c1-10-13(16)8-12(9-14(10)17)15-18-19-20-21(15)7-6-11-4-2-3-5-11/h8-9,11H,2-7,17H2,1H3. The molecule has 2 aromatic rings. The van der Waals surface area contributed by atoms with Crippen LogP contribution in [0.5, 0.6) is 0 Å². The van der Waals surface area contributed by atoms with Gasteiger partial charge in [0.15, 0.2) is 5.82 Å². The number of tetrazole rings is 1. The summed E-state index contributed by atoms with van der Waals surface area (Å²) < 4.78 is 15.6. The summed E-state index contributed by atoms with van der Waals surface area (Å²) in [6.07, 6.45) is 6.31. The SMILES string of the molecule is Cc1c(N)cc(-c2nnnn2CCC2CCCC2)cc1F. The van der Waals surface area contributed by atoms with Crippen LogP contribution in [0.15, 0.2) is 12.1 Å². The Hall–Kier alpha value is -1.98. The first kappa shape index (κ1) is 14.0. The van der Waals surface area contributed by atoms with Crippen LogP contribution in [-0.4, -0.2) is 20.2 Å². The summed E-state index contributed by atoms with van der Waals surface area (Å²) in [4.78, 5) is 0. The van der Waals surface area contributed by atoms with Gasteiger partial charge in [0.25, 0.3) is 0 Å². The molecule has 0 amide bonds. The monoisotopic (exact) mass is 289 g/mol. The summed E-state index contributed by atoms with van der Waals surface area (Å²) >= 11 is 0. The third kappa shape index (κ3) is 2.89. The summed E-state index contributed by atoms with van der Waals surface area (Å²) in [7, 11) is 0. The number of halogens is 1. The van der Waals surface area contributed by atoms with E-state index in [0.717, 1.165) is 18.9 Å². The van der Waals surface area contributed by atoms with Gasteiger partial charge >= 0.3 is 0 Å². The Morgan fingerprint density at radius 2 is 2.10 bits per heavy atom. The Labute approximate surface area is 123 Å². The Bertz CT molecular complexity index is 608. The van der Waals surface area contributed by atoms with E-state index in [2.05, 4.69) is 15.5 Å². The highest BCUT2D eigenvalue weighted by molar-refractivity contribution is 5.63. The van der Waals surface area contributed by atoms with E-state index in [1.807, 2.05) is 0 Å². The van der Waals surface area contributed by atoms with Crippen molar-refractivity contribution in [3.8, 4) is 11.4 Å². The maximum Gasteiger partial charge on any atom is 0.182 e. The number of nitrogens with zero attached hydrogens (tertiary/aromatic N) is 4. The molecule has 0 radical (unpaired) electrons. The minimum Gasteiger partial charge on any atom is -0.398 e. The molecule has 0 atom stereocenters. The fraction of sp³-hybridized carbons (Fsp3) is 0.533. The highest BCUT2D eigenvalue weighted by Gasteiger charge is 2.17. The lowest BCUT2D eigenvalue weighted by Crippen LogP contribution is -2.07. The fourth-order valence-corrected chi connectivity index (χ4v) is 3.00. The number of benzene rings is 1. The summed E-state index contributed by atoms with van der Waals surface area (Å²) in [5.74, 6) is 1.02. The molecule has 21 heavy (non-hydrogen) atoms. The van der Waals surface area contributed by atoms with Crippen molar-refractivity contribution in [1.82, 2.24) is 20.2 Å². The topological polar surface area (TPSA) is 69.6 Å². The summed E-state index contributed by atoms with van der Waals surface area (Å²) in [6.45, 7) is 2.43. The van der Waals surface area contributed by atoms with E-state index >= 15 is 0 Å². The number of anilines is 1. The second kappa shape index (κ2) is 5.79. The third-order valence-electron chi connectivity index (χ3n) is 4.40. The zero-order valence-corrected chi connectivity index (χ0v) is 12.2. The Morgan fingerprint density at radius 1 is 1.33 bits per heavy atom. The van der Waals surface area contributed by atoms with E-state index < -0.39 is 0 Å². The molecule has 0 unspecified atom stereocenters. The van der Waals surface area contributed by atoms with E-state index in [1.54, 1.807) is 17.7 Å². The molecular formula is C15H20FN5. The van der Waals surface area contributed by atoms with Crippen LogP contribution in [0.2, 0.25) is 0 Å². The third-order valence-corrected chi connectivity index (χ3v) is 4.40. The van der Waals surface area contributed by atoms with Crippen LogP contribution in [0.4, 0.5) is 10.1 Å². The average molecular weight is 289 g/mol. The molecule has 1 aliphatic carbocycles. The number of hydrogen-bond acceptors (Lipinski definition) is 4. The van der Waals surface area contributed by atoms with Gasteiger partial charge in [-0.05, 0) is 41.8 Å². The van der Waals surface area contributed by atoms with Gasteiger partial charge in [0, 0.05) is 23.4 Å². The summed E-state index contributed by atoms with van der Waals surface area (Å²) in [6, 6.07) is 3.18. The molecule has 0 spiro atoms. The van der Waals surface area contributed by atoms with E-state index in [-0.39, 0.29) is 5.82 Å². The number of nitrogens with two attached hydrogens (primary N) is 1. The molecule has 1 fully saturated rings. The first-order valence-electron chi connectivity index (χ1n) is 7.47. The highest BCUT2D eigenvalue weighted by atomic mass is 19.1.